The lowest BCUT2D eigenvalue weighted by molar-refractivity contribution is 0.404. The second kappa shape index (κ2) is 11.5. The fourth-order valence-electron chi connectivity index (χ4n) is 6.21. The van der Waals surface area contributed by atoms with Gasteiger partial charge in [-0.1, -0.05) is 103 Å². The van der Waals surface area contributed by atoms with Crippen molar-refractivity contribution >= 4 is 26.0 Å². The van der Waals surface area contributed by atoms with Crippen LogP contribution in [0.15, 0.2) is 52.3 Å². The normalized spacial score (nSPS) is 16.6. The molecule has 41 heavy (non-hydrogen) atoms. The maximum atomic E-state index is 7.33. The first-order valence-electron chi connectivity index (χ1n) is 15.2. The van der Waals surface area contributed by atoms with Crippen LogP contribution in [0.4, 0.5) is 5.69 Å². The third kappa shape index (κ3) is 6.30. The van der Waals surface area contributed by atoms with Gasteiger partial charge in [0.25, 0.3) is 0 Å². The highest BCUT2D eigenvalue weighted by Crippen LogP contribution is 2.59. The molecule has 3 aromatic carbocycles. The van der Waals surface area contributed by atoms with Crippen molar-refractivity contribution < 1.29 is 9.05 Å². The van der Waals surface area contributed by atoms with E-state index < -0.39 is 8.53 Å². The smallest absolute Gasteiger partial charge is 0.417 e. The number of hydrogen-bond donors (Lipinski definition) is 0. The third-order valence-electron chi connectivity index (χ3n) is 8.34. The van der Waals surface area contributed by atoms with Gasteiger partial charge in [0.15, 0.2) is 0 Å². The van der Waals surface area contributed by atoms with Crippen molar-refractivity contribution in [1.82, 2.24) is 0 Å². The molecule has 1 saturated carbocycles. The second-order valence-electron chi connectivity index (χ2n) is 14.2. The topological polar surface area (TPSA) is 21.7 Å². The predicted molar refractivity (Wildman–Crippen MR) is 177 cm³/mol. The van der Waals surface area contributed by atoms with Crippen LogP contribution in [0.2, 0.25) is 0 Å². The van der Waals surface area contributed by atoms with Crippen molar-refractivity contribution in [3.63, 3.8) is 0 Å². The molecule has 0 amide bonds. The summed E-state index contributed by atoms with van der Waals surface area (Å²) >= 11 is 1.80. The van der Waals surface area contributed by atoms with Gasteiger partial charge >= 0.3 is 8.53 Å². The fourth-order valence-corrected chi connectivity index (χ4v) is 9.44. The Hall–Kier alpha value is -2.16. The maximum absolute atomic E-state index is 7.33. The Morgan fingerprint density at radius 1 is 0.707 bits per heavy atom. The van der Waals surface area contributed by atoms with Gasteiger partial charge in [0, 0.05) is 17.2 Å². The average Bonchev–Trinajstić information content (AvgIpc) is 2.86. The van der Waals surface area contributed by atoms with Crippen LogP contribution >= 0.6 is 20.3 Å². The lowest BCUT2D eigenvalue weighted by Gasteiger charge is -2.42. The summed E-state index contributed by atoms with van der Waals surface area (Å²) in [5, 5.41) is 0. The molecular formula is C36H48NO2PS. The molecule has 0 spiro atoms. The van der Waals surface area contributed by atoms with E-state index in [9.17, 15) is 0 Å². The van der Waals surface area contributed by atoms with Gasteiger partial charge in [-0.05, 0) is 85.8 Å². The zero-order valence-corrected chi connectivity index (χ0v) is 28.5. The summed E-state index contributed by atoms with van der Waals surface area (Å²) in [6.45, 7) is 22.6. The number of para-hydroxylation sites is 1. The van der Waals surface area contributed by atoms with Crippen molar-refractivity contribution in [2.75, 3.05) is 4.67 Å². The van der Waals surface area contributed by atoms with E-state index in [1.807, 2.05) is 0 Å². The van der Waals surface area contributed by atoms with Crippen molar-refractivity contribution in [2.24, 2.45) is 0 Å². The van der Waals surface area contributed by atoms with Gasteiger partial charge in [0.2, 0.25) is 0 Å². The highest BCUT2D eigenvalue weighted by molar-refractivity contribution is 7.99. The molecule has 0 radical (unpaired) electrons. The molecular weight excluding hydrogens is 541 g/mol. The minimum Gasteiger partial charge on any atom is -0.421 e. The standard InChI is InChI=1S/C36H48NO2PS/c1-23-19-28(35(5,6)7)33-30(21-23)41-31-22-24(2)20-29(36(8,9)10)34(31)39-40(38-33)37(27-17-12-11-13-18-27)32-25(3)15-14-16-26(32)4/h14-16,19-22,27H,11-13,17-18H2,1-10H3. The van der Waals surface area contributed by atoms with Gasteiger partial charge in [-0.25, -0.2) is 0 Å². The van der Waals surface area contributed by atoms with Crippen LogP contribution in [0.1, 0.15) is 107 Å². The zero-order chi connectivity index (χ0) is 29.7. The number of rotatable bonds is 3. The average molecular weight is 590 g/mol. The molecule has 3 aromatic rings. The van der Waals surface area contributed by atoms with E-state index in [4.69, 9.17) is 9.05 Å². The van der Waals surface area contributed by atoms with Gasteiger partial charge in [-0.15, -0.1) is 0 Å². The Morgan fingerprint density at radius 3 is 1.61 bits per heavy atom. The van der Waals surface area contributed by atoms with E-state index in [0.717, 1.165) is 24.3 Å². The van der Waals surface area contributed by atoms with E-state index in [1.165, 1.54) is 68.1 Å². The highest BCUT2D eigenvalue weighted by atomic mass is 32.2. The number of nitrogens with zero attached hydrogens (tertiary/aromatic N) is 1. The summed E-state index contributed by atoms with van der Waals surface area (Å²) in [6, 6.07) is 16.3. The number of hydrogen-bond acceptors (Lipinski definition) is 4. The molecule has 1 aliphatic heterocycles. The molecule has 0 bridgehead atoms. The first kappa shape index (κ1) is 30.3. The van der Waals surface area contributed by atoms with Crippen molar-refractivity contribution in [3.8, 4) is 11.5 Å². The molecule has 1 heterocycles. The molecule has 3 nitrogen and oxygen atoms in total. The Balaban J connectivity index is 1.81. The zero-order valence-electron chi connectivity index (χ0n) is 26.8. The van der Waals surface area contributed by atoms with Gasteiger partial charge in [0.1, 0.15) is 11.5 Å². The monoisotopic (exact) mass is 589 g/mol. The SMILES string of the molecule is Cc1cc2c(c(C(C)(C)C)c1)OP(N(c1c(C)cccc1C)C1CCCCC1)Oc1c(cc(C)cc1C(C)(C)C)S2. The van der Waals surface area contributed by atoms with E-state index >= 15 is 0 Å². The first-order valence-corrected chi connectivity index (χ1v) is 17.2. The maximum Gasteiger partial charge on any atom is 0.417 e. The first-order chi connectivity index (χ1) is 19.2. The summed E-state index contributed by atoms with van der Waals surface area (Å²) in [5.41, 5.74) is 8.70. The third-order valence-corrected chi connectivity index (χ3v) is 10.9. The van der Waals surface area contributed by atoms with Gasteiger partial charge in [-0.2, -0.15) is 0 Å². The van der Waals surface area contributed by atoms with Crippen LogP contribution in [0.25, 0.3) is 0 Å². The minimum atomic E-state index is -1.51. The molecule has 220 valence electrons. The van der Waals surface area contributed by atoms with Gasteiger partial charge < -0.3 is 9.05 Å². The molecule has 1 aliphatic carbocycles. The lowest BCUT2D eigenvalue weighted by Crippen LogP contribution is -2.36. The van der Waals surface area contributed by atoms with Gasteiger partial charge in [0.05, 0.1) is 15.5 Å². The summed E-state index contributed by atoms with van der Waals surface area (Å²) < 4.78 is 17.2. The lowest BCUT2D eigenvalue weighted by atomic mass is 9.85. The predicted octanol–water partition coefficient (Wildman–Crippen LogP) is 11.5. The molecule has 0 unspecified atom stereocenters. The fraction of sp³-hybridized carbons (Fsp3) is 0.500. The van der Waals surface area contributed by atoms with Crippen LogP contribution in [0.5, 0.6) is 11.5 Å². The number of aryl methyl sites for hydroxylation is 4. The Bertz CT molecular complexity index is 1340. The number of fused-ring (bicyclic) bond motifs is 2. The number of benzene rings is 3. The van der Waals surface area contributed by atoms with E-state index in [2.05, 4.69) is 116 Å². The molecule has 5 heteroatoms. The van der Waals surface area contributed by atoms with E-state index in [1.54, 1.807) is 11.8 Å². The van der Waals surface area contributed by atoms with Crippen molar-refractivity contribution in [2.45, 2.75) is 128 Å². The minimum absolute atomic E-state index is 0.0723. The molecule has 1 fully saturated rings. The van der Waals surface area contributed by atoms with Crippen LogP contribution in [-0.2, 0) is 10.8 Å². The molecule has 0 atom stereocenters. The summed E-state index contributed by atoms with van der Waals surface area (Å²) in [5.74, 6) is 1.96. The van der Waals surface area contributed by atoms with Crippen molar-refractivity contribution in [3.05, 3.63) is 75.8 Å². The summed E-state index contributed by atoms with van der Waals surface area (Å²) in [7, 11) is -1.51. The summed E-state index contributed by atoms with van der Waals surface area (Å²) in [6.07, 6.45) is 6.12. The number of anilines is 1. The van der Waals surface area contributed by atoms with Crippen LogP contribution in [-0.4, -0.2) is 6.04 Å². The second-order valence-corrected chi connectivity index (χ2v) is 16.5. The Kier molecular flexibility index (Phi) is 8.50. The highest BCUT2D eigenvalue weighted by Gasteiger charge is 2.40. The van der Waals surface area contributed by atoms with Crippen LogP contribution in [0.3, 0.4) is 0 Å². The summed E-state index contributed by atoms with van der Waals surface area (Å²) in [4.78, 5) is 2.37. The quantitative estimate of drug-likeness (QED) is 0.283. The van der Waals surface area contributed by atoms with E-state index in [-0.39, 0.29) is 10.8 Å². The molecule has 5 rings (SSSR count). The van der Waals surface area contributed by atoms with Gasteiger partial charge in [-0.3, -0.25) is 4.67 Å². The molecule has 0 aromatic heterocycles. The molecule has 0 N–H and O–H groups in total. The Labute approximate surface area is 254 Å². The molecule has 2 aliphatic rings. The largest absolute Gasteiger partial charge is 0.421 e. The van der Waals surface area contributed by atoms with Crippen molar-refractivity contribution in [1.29, 1.82) is 0 Å². The molecule has 0 saturated heterocycles. The Morgan fingerprint density at radius 2 is 1.17 bits per heavy atom. The van der Waals surface area contributed by atoms with E-state index in [0.29, 0.717) is 6.04 Å². The van der Waals surface area contributed by atoms with Crippen LogP contribution < -0.4 is 13.7 Å². The van der Waals surface area contributed by atoms with Crippen LogP contribution in [0, 0.1) is 27.7 Å².